The zero-order chi connectivity index (χ0) is 12.3. The third kappa shape index (κ3) is 3.58. The summed E-state index contributed by atoms with van der Waals surface area (Å²) in [7, 11) is 0. The Hall–Kier alpha value is -0.800. The van der Waals surface area contributed by atoms with Crippen molar-refractivity contribution in [2.45, 2.75) is 13.5 Å². The molecule has 0 atom stereocenters. The quantitative estimate of drug-likeness (QED) is 0.805. The number of nitrogens with one attached hydrogen (secondary N) is 1. The van der Waals surface area contributed by atoms with Gasteiger partial charge in [-0.15, -0.1) is 0 Å². The molecule has 1 nitrogen and oxygen atoms in total. The molecule has 2 aromatic rings. The Morgan fingerprint density at radius 3 is 2.59 bits per heavy atom. The lowest BCUT2D eigenvalue weighted by atomic mass is 10.2. The molecule has 0 saturated heterocycles. The molecule has 3 heteroatoms. The Labute approximate surface area is 119 Å². The molecule has 0 amide bonds. The Morgan fingerprint density at radius 1 is 1.06 bits per heavy atom. The second-order valence-electron chi connectivity index (χ2n) is 3.95. The van der Waals surface area contributed by atoms with Gasteiger partial charge < -0.3 is 5.32 Å². The van der Waals surface area contributed by atoms with E-state index in [1.165, 1.54) is 11.1 Å². The third-order valence-electron chi connectivity index (χ3n) is 2.54. The molecule has 0 saturated carbocycles. The van der Waals surface area contributed by atoms with Crippen LogP contribution in [-0.2, 0) is 6.54 Å². The van der Waals surface area contributed by atoms with Gasteiger partial charge in [0.1, 0.15) is 0 Å². The fourth-order valence-corrected chi connectivity index (χ4v) is 2.30. The Morgan fingerprint density at radius 2 is 1.88 bits per heavy atom. The molecule has 1 N–H and O–H groups in total. The number of hydrogen-bond donors (Lipinski definition) is 1. The van der Waals surface area contributed by atoms with Crippen LogP contribution in [0, 0.1) is 6.92 Å². The summed E-state index contributed by atoms with van der Waals surface area (Å²) < 4.78 is 2.26. The molecule has 88 valence electrons. The van der Waals surface area contributed by atoms with Crippen LogP contribution in [-0.4, -0.2) is 0 Å². The van der Waals surface area contributed by atoms with E-state index < -0.39 is 0 Å². The smallest absolute Gasteiger partial charge is 0.0401 e. The fourth-order valence-electron chi connectivity index (χ4n) is 1.61. The Balaban J connectivity index is 2.05. The summed E-state index contributed by atoms with van der Waals surface area (Å²) in [5, 5.41) is 3.41. The molecule has 2 rings (SSSR count). The number of rotatable bonds is 3. The predicted octanol–water partition coefficient (Wildman–Crippen LogP) is 5.13. The van der Waals surface area contributed by atoms with Crippen LogP contribution in [0.1, 0.15) is 11.1 Å². The summed E-state index contributed by atoms with van der Waals surface area (Å²) in [6.07, 6.45) is 0. The molecule has 0 radical (unpaired) electrons. The van der Waals surface area contributed by atoms with Crippen LogP contribution in [0.3, 0.4) is 0 Å². The van der Waals surface area contributed by atoms with Gasteiger partial charge >= 0.3 is 0 Å². The first-order valence-corrected chi connectivity index (χ1v) is 6.98. The maximum Gasteiger partial charge on any atom is 0.0401 e. The first-order chi connectivity index (χ1) is 8.15. The molecule has 2 aromatic carbocycles. The van der Waals surface area contributed by atoms with Gasteiger partial charge in [0.05, 0.1) is 0 Å². The standard InChI is InChI=1S/C14H13Br2N/c1-10-7-13(5-6-14(10)16)17-9-11-3-2-4-12(15)8-11/h2-8,17H,9H2,1H3. The SMILES string of the molecule is Cc1cc(NCc2cccc(Br)c2)ccc1Br. The Bertz CT molecular complexity index is 523. The van der Waals surface area contributed by atoms with E-state index in [0.717, 1.165) is 21.2 Å². The van der Waals surface area contributed by atoms with Gasteiger partial charge in [0, 0.05) is 21.2 Å². The topological polar surface area (TPSA) is 12.0 Å². The summed E-state index contributed by atoms with van der Waals surface area (Å²) in [6.45, 7) is 2.93. The largest absolute Gasteiger partial charge is 0.381 e. The highest BCUT2D eigenvalue weighted by molar-refractivity contribution is 9.10. The maximum atomic E-state index is 3.50. The van der Waals surface area contributed by atoms with E-state index in [4.69, 9.17) is 0 Å². The van der Waals surface area contributed by atoms with Gasteiger partial charge in [-0.05, 0) is 48.4 Å². The molecular weight excluding hydrogens is 342 g/mol. The number of halogens is 2. The number of aryl methyl sites for hydroxylation is 1. The highest BCUT2D eigenvalue weighted by Crippen LogP contribution is 2.20. The summed E-state index contributed by atoms with van der Waals surface area (Å²) in [4.78, 5) is 0. The number of benzene rings is 2. The van der Waals surface area contributed by atoms with Crippen LogP contribution < -0.4 is 5.32 Å². The molecule has 0 spiro atoms. The molecule has 0 aliphatic heterocycles. The summed E-state index contributed by atoms with van der Waals surface area (Å²) in [5.74, 6) is 0. The first kappa shape index (κ1) is 12.7. The molecule has 0 fully saturated rings. The van der Waals surface area contributed by atoms with Crippen LogP contribution in [0.15, 0.2) is 51.4 Å². The highest BCUT2D eigenvalue weighted by Gasteiger charge is 1.98. The first-order valence-electron chi connectivity index (χ1n) is 5.39. The van der Waals surface area contributed by atoms with Gasteiger partial charge in [-0.3, -0.25) is 0 Å². The minimum Gasteiger partial charge on any atom is -0.381 e. The van der Waals surface area contributed by atoms with Gasteiger partial charge in [0.25, 0.3) is 0 Å². The van der Waals surface area contributed by atoms with Crippen molar-refractivity contribution in [3.8, 4) is 0 Å². The average Bonchev–Trinajstić information content (AvgIpc) is 2.31. The lowest BCUT2D eigenvalue weighted by Crippen LogP contribution is -1.99. The van der Waals surface area contributed by atoms with E-state index in [-0.39, 0.29) is 0 Å². The lowest BCUT2D eigenvalue weighted by Gasteiger charge is -2.08. The third-order valence-corrected chi connectivity index (χ3v) is 3.93. The van der Waals surface area contributed by atoms with Crippen LogP contribution >= 0.6 is 31.9 Å². The normalized spacial score (nSPS) is 10.3. The fraction of sp³-hybridized carbons (Fsp3) is 0.143. The van der Waals surface area contributed by atoms with E-state index in [0.29, 0.717) is 0 Å². The predicted molar refractivity (Wildman–Crippen MR) is 80.3 cm³/mol. The number of hydrogen-bond acceptors (Lipinski definition) is 1. The summed E-state index contributed by atoms with van der Waals surface area (Å²) in [5.41, 5.74) is 3.65. The molecule has 0 aliphatic carbocycles. The van der Waals surface area contributed by atoms with Gasteiger partial charge in [-0.1, -0.05) is 44.0 Å². The summed E-state index contributed by atoms with van der Waals surface area (Å²) in [6, 6.07) is 14.6. The van der Waals surface area contributed by atoms with Crippen molar-refractivity contribution in [2.24, 2.45) is 0 Å². The molecule has 0 aromatic heterocycles. The molecule has 0 heterocycles. The second-order valence-corrected chi connectivity index (χ2v) is 5.72. The Kier molecular flexibility index (Phi) is 4.24. The van der Waals surface area contributed by atoms with Crippen molar-refractivity contribution in [2.75, 3.05) is 5.32 Å². The van der Waals surface area contributed by atoms with E-state index >= 15 is 0 Å². The molecule has 17 heavy (non-hydrogen) atoms. The van der Waals surface area contributed by atoms with Gasteiger partial charge in [-0.25, -0.2) is 0 Å². The molecule has 0 aliphatic rings. The molecule has 0 unspecified atom stereocenters. The van der Waals surface area contributed by atoms with Gasteiger partial charge in [0.15, 0.2) is 0 Å². The highest BCUT2D eigenvalue weighted by atomic mass is 79.9. The van der Waals surface area contributed by atoms with E-state index in [2.05, 4.69) is 74.4 Å². The monoisotopic (exact) mass is 353 g/mol. The number of anilines is 1. The zero-order valence-electron chi connectivity index (χ0n) is 9.50. The van der Waals surface area contributed by atoms with Crippen molar-refractivity contribution < 1.29 is 0 Å². The molecule has 0 bridgehead atoms. The lowest BCUT2D eigenvalue weighted by molar-refractivity contribution is 1.14. The van der Waals surface area contributed by atoms with Crippen molar-refractivity contribution >= 4 is 37.5 Å². The van der Waals surface area contributed by atoms with Crippen LogP contribution in [0.2, 0.25) is 0 Å². The zero-order valence-corrected chi connectivity index (χ0v) is 12.7. The van der Waals surface area contributed by atoms with Crippen molar-refractivity contribution in [3.05, 3.63) is 62.5 Å². The van der Waals surface area contributed by atoms with Crippen molar-refractivity contribution in [1.82, 2.24) is 0 Å². The summed E-state index contributed by atoms with van der Waals surface area (Å²) >= 11 is 6.98. The van der Waals surface area contributed by atoms with Gasteiger partial charge in [-0.2, -0.15) is 0 Å². The van der Waals surface area contributed by atoms with Crippen LogP contribution in [0.5, 0.6) is 0 Å². The second kappa shape index (κ2) is 5.69. The van der Waals surface area contributed by atoms with Crippen LogP contribution in [0.25, 0.3) is 0 Å². The van der Waals surface area contributed by atoms with E-state index in [9.17, 15) is 0 Å². The maximum absolute atomic E-state index is 3.50. The van der Waals surface area contributed by atoms with E-state index in [1.807, 2.05) is 12.1 Å². The van der Waals surface area contributed by atoms with Crippen molar-refractivity contribution in [3.63, 3.8) is 0 Å². The molecular formula is C14H13Br2N. The van der Waals surface area contributed by atoms with Crippen molar-refractivity contribution in [1.29, 1.82) is 0 Å². The van der Waals surface area contributed by atoms with Gasteiger partial charge in [0.2, 0.25) is 0 Å². The minimum absolute atomic E-state index is 0.834. The van der Waals surface area contributed by atoms with Crippen LogP contribution in [0.4, 0.5) is 5.69 Å². The van der Waals surface area contributed by atoms with E-state index in [1.54, 1.807) is 0 Å². The minimum atomic E-state index is 0.834. The average molecular weight is 355 g/mol.